The van der Waals surface area contributed by atoms with Crippen molar-refractivity contribution in [2.24, 2.45) is 5.41 Å². The van der Waals surface area contributed by atoms with Gasteiger partial charge >= 0.3 is 5.97 Å². The van der Waals surface area contributed by atoms with Crippen molar-refractivity contribution in [3.05, 3.63) is 60.4 Å². The molecule has 1 aliphatic heterocycles. The maximum Gasteiger partial charge on any atom is 0.331 e. The molecule has 0 fully saturated rings. The van der Waals surface area contributed by atoms with Crippen LogP contribution in [0.3, 0.4) is 0 Å². The maximum absolute atomic E-state index is 13.6. The number of ether oxygens (including phenoxy) is 1. The quantitative estimate of drug-likeness (QED) is 0.413. The first kappa shape index (κ1) is 23.1. The van der Waals surface area contributed by atoms with Crippen molar-refractivity contribution in [1.82, 2.24) is 0 Å². The highest BCUT2D eigenvalue weighted by Crippen LogP contribution is 2.44. The Balaban J connectivity index is 2.11. The first-order valence-corrected chi connectivity index (χ1v) is 12.1. The van der Waals surface area contributed by atoms with E-state index in [-0.39, 0.29) is 5.41 Å². The van der Waals surface area contributed by atoms with Crippen LogP contribution in [0.25, 0.3) is 0 Å². The first-order chi connectivity index (χ1) is 14.9. The van der Waals surface area contributed by atoms with Gasteiger partial charge in [0, 0.05) is 18.0 Å². The molecule has 0 aliphatic carbocycles. The van der Waals surface area contributed by atoms with Crippen LogP contribution in [-0.4, -0.2) is 27.6 Å². The largest absolute Gasteiger partial charge is 0.478 e. The van der Waals surface area contributed by atoms with Crippen LogP contribution in [0.4, 0.5) is 11.4 Å². The molecule has 6 heteroatoms. The number of hydrogen-bond acceptors (Lipinski definition) is 4. The number of carboxylic acid groups (broad SMARTS) is 1. The highest BCUT2D eigenvalue weighted by atomic mass is 32.2. The van der Waals surface area contributed by atoms with Crippen molar-refractivity contribution in [1.29, 1.82) is 0 Å². The molecule has 2 unspecified atom stereocenters. The van der Waals surface area contributed by atoms with Gasteiger partial charge in [0.1, 0.15) is 5.75 Å². The van der Waals surface area contributed by atoms with Gasteiger partial charge in [-0.15, -0.1) is 0 Å². The van der Waals surface area contributed by atoms with Gasteiger partial charge in [-0.2, -0.15) is 0 Å². The molecule has 0 radical (unpaired) electrons. The predicted molar refractivity (Wildman–Crippen MR) is 126 cm³/mol. The minimum absolute atomic E-state index is 0.0477. The van der Waals surface area contributed by atoms with E-state index in [0.29, 0.717) is 11.5 Å². The summed E-state index contributed by atoms with van der Waals surface area (Å²) in [6.45, 7) is 7.12. The first-order valence-electron chi connectivity index (χ1n) is 10.8. The van der Waals surface area contributed by atoms with Crippen molar-refractivity contribution >= 4 is 28.1 Å². The zero-order valence-electron chi connectivity index (χ0n) is 18.5. The Morgan fingerprint density at radius 3 is 2.65 bits per heavy atom. The Morgan fingerprint density at radius 2 is 2.00 bits per heavy atom. The van der Waals surface area contributed by atoms with Crippen LogP contribution in [-0.2, 0) is 15.6 Å². The number of rotatable bonds is 8. The number of carbonyl (C=O) groups is 1. The lowest BCUT2D eigenvalue weighted by molar-refractivity contribution is -0.131. The number of benzene rings is 2. The van der Waals surface area contributed by atoms with Crippen molar-refractivity contribution in [2.75, 3.05) is 17.2 Å². The van der Waals surface area contributed by atoms with Crippen molar-refractivity contribution < 1.29 is 18.8 Å². The molecule has 3 rings (SSSR count). The lowest BCUT2D eigenvalue weighted by Gasteiger charge is -2.36. The highest BCUT2D eigenvalue weighted by molar-refractivity contribution is 7.85. The van der Waals surface area contributed by atoms with Crippen molar-refractivity contribution in [3.63, 3.8) is 0 Å². The maximum atomic E-state index is 13.6. The molecule has 2 aromatic carbocycles. The van der Waals surface area contributed by atoms with E-state index >= 15 is 0 Å². The van der Waals surface area contributed by atoms with E-state index < -0.39 is 16.8 Å². The second-order valence-electron chi connectivity index (χ2n) is 8.21. The molecule has 2 aromatic rings. The molecule has 1 N–H and O–H groups in total. The normalized spacial score (nSPS) is 21.0. The second-order valence-corrected chi connectivity index (χ2v) is 9.63. The minimum atomic E-state index is -1.19. The highest BCUT2D eigenvalue weighted by Gasteiger charge is 2.38. The standard InChI is InChI=1S/C25H31NO4S/c1-4-6-13-25(5-2)17-26(20-10-8-7-9-11-20)21-15-19(3)22(30-14-12-24(27)28)16-23(21)31(29)18-25/h7-12,14-16H,4-6,13,17-18H2,1-3H3,(H,27,28)/b14-12+. The molecular formula is C25H31NO4S. The van der Waals surface area contributed by atoms with Crippen LogP contribution < -0.4 is 9.64 Å². The lowest BCUT2D eigenvalue weighted by Crippen LogP contribution is -2.37. The summed E-state index contributed by atoms with van der Waals surface area (Å²) < 4.78 is 19.2. The van der Waals surface area contributed by atoms with E-state index in [1.165, 1.54) is 0 Å². The molecule has 5 nitrogen and oxygen atoms in total. The monoisotopic (exact) mass is 441 g/mol. The summed E-state index contributed by atoms with van der Waals surface area (Å²) in [6.07, 6.45) is 6.32. The van der Waals surface area contributed by atoms with Crippen LogP contribution in [0.5, 0.6) is 5.75 Å². The fourth-order valence-corrected chi connectivity index (χ4v) is 5.89. The predicted octanol–water partition coefficient (Wildman–Crippen LogP) is 5.82. The number of carboxylic acids is 1. The molecule has 0 aromatic heterocycles. The summed E-state index contributed by atoms with van der Waals surface area (Å²) in [6, 6.07) is 14.1. The number of aliphatic carboxylic acids is 1. The lowest BCUT2D eigenvalue weighted by atomic mass is 9.81. The summed E-state index contributed by atoms with van der Waals surface area (Å²) >= 11 is 0. The number of para-hydroxylation sites is 1. The van der Waals surface area contributed by atoms with Gasteiger partial charge in [0.15, 0.2) is 0 Å². The zero-order valence-corrected chi connectivity index (χ0v) is 19.3. The molecule has 0 bridgehead atoms. The zero-order chi connectivity index (χ0) is 22.4. The van der Waals surface area contributed by atoms with Crippen molar-refractivity contribution in [3.8, 4) is 5.75 Å². The Labute approximate surface area is 187 Å². The fraction of sp³-hybridized carbons (Fsp3) is 0.400. The van der Waals surface area contributed by atoms with E-state index in [9.17, 15) is 9.00 Å². The Kier molecular flexibility index (Phi) is 7.55. The summed E-state index contributed by atoms with van der Waals surface area (Å²) in [4.78, 5) is 13.8. The summed E-state index contributed by atoms with van der Waals surface area (Å²) in [7, 11) is -1.19. The molecule has 0 amide bonds. The number of hydrogen-bond donors (Lipinski definition) is 1. The average molecular weight is 442 g/mol. The third kappa shape index (κ3) is 5.37. The Hall–Kier alpha value is -2.60. The van der Waals surface area contributed by atoms with Crippen LogP contribution in [0, 0.1) is 12.3 Å². The van der Waals surface area contributed by atoms with E-state index in [1.807, 2.05) is 37.3 Å². The van der Waals surface area contributed by atoms with Crippen LogP contribution >= 0.6 is 0 Å². The smallest absolute Gasteiger partial charge is 0.331 e. The summed E-state index contributed by atoms with van der Waals surface area (Å²) in [5.74, 6) is 0.0536. The number of aryl methyl sites for hydroxylation is 1. The molecule has 0 spiro atoms. The third-order valence-corrected chi connectivity index (χ3v) is 7.70. The van der Waals surface area contributed by atoms with Gasteiger partial charge < -0.3 is 14.7 Å². The van der Waals surface area contributed by atoms with E-state index in [2.05, 4.69) is 30.9 Å². The number of unbranched alkanes of at least 4 members (excludes halogenated alkanes) is 1. The number of anilines is 2. The molecule has 0 saturated heterocycles. The molecule has 166 valence electrons. The van der Waals surface area contributed by atoms with Gasteiger partial charge in [0.05, 0.1) is 33.7 Å². The summed E-state index contributed by atoms with van der Waals surface area (Å²) in [5.41, 5.74) is 2.83. The van der Waals surface area contributed by atoms with Gasteiger partial charge in [0.2, 0.25) is 0 Å². The molecule has 1 aliphatic rings. The molecule has 2 atom stereocenters. The summed E-state index contributed by atoms with van der Waals surface area (Å²) in [5, 5.41) is 8.83. The second kappa shape index (κ2) is 10.1. The van der Waals surface area contributed by atoms with Crippen LogP contribution in [0.1, 0.15) is 45.1 Å². The Morgan fingerprint density at radius 1 is 1.26 bits per heavy atom. The van der Waals surface area contributed by atoms with Gasteiger partial charge in [-0.25, -0.2) is 4.79 Å². The molecule has 0 saturated carbocycles. The van der Waals surface area contributed by atoms with Gasteiger partial charge in [-0.05, 0) is 55.0 Å². The topological polar surface area (TPSA) is 66.8 Å². The van der Waals surface area contributed by atoms with Crippen LogP contribution in [0.2, 0.25) is 0 Å². The molecule has 31 heavy (non-hydrogen) atoms. The Bertz CT molecular complexity index is 973. The molecular weight excluding hydrogens is 410 g/mol. The average Bonchev–Trinajstić information content (AvgIpc) is 2.88. The van der Waals surface area contributed by atoms with Gasteiger partial charge in [-0.3, -0.25) is 4.21 Å². The number of fused-ring (bicyclic) bond motifs is 1. The van der Waals surface area contributed by atoms with Gasteiger partial charge in [-0.1, -0.05) is 44.9 Å². The van der Waals surface area contributed by atoms with E-state index in [4.69, 9.17) is 9.84 Å². The third-order valence-electron chi connectivity index (χ3n) is 6.01. The van der Waals surface area contributed by atoms with Gasteiger partial charge in [0.25, 0.3) is 0 Å². The van der Waals surface area contributed by atoms with Crippen molar-refractivity contribution in [2.45, 2.75) is 51.3 Å². The SMILES string of the molecule is CCCCC1(CC)CN(c2ccccc2)c2cc(C)c(O/C=C/C(=O)O)cc2S(=O)C1. The minimum Gasteiger partial charge on any atom is -0.478 e. The van der Waals surface area contributed by atoms with Crippen LogP contribution in [0.15, 0.2) is 59.7 Å². The fourth-order valence-electron chi connectivity index (χ4n) is 4.09. The number of nitrogens with zero attached hydrogens (tertiary/aromatic N) is 1. The van der Waals surface area contributed by atoms with E-state index in [0.717, 1.165) is 66.4 Å². The molecule has 1 heterocycles. The van der Waals surface area contributed by atoms with E-state index in [1.54, 1.807) is 0 Å².